The molecule has 0 aliphatic rings. The molecule has 0 radical (unpaired) electrons. The van der Waals surface area contributed by atoms with Crippen LogP contribution in [0.5, 0.6) is 0 Å². The summed E-state index contributed by atoms with van der Waals surface area (Å²) in [5.74, 6) is -1.42. The van der Waals surface area contributed by atoms with Crippen molar-refractivity contribution in [3.8, 4) is 0 Å². The first kappa shape index (κ1) is 31.9. The number of methoxy groups -OCH3 is 1. The van der Waals surface area contributed by atoms with Crippen molar-refractivity contribution in [1.82, 2.24) is 15.5 Å². The lowest BCUT2D eigenvalue weighted by Crippen LogP contribution is -2.56. The molecule has 3 atom stereocenters. The minimum atomic E-state index is -1.03. The van der Waals surface area contributed by atoms with Crippen LogP contribution in [0, 0.1) is 19.8 Å². The van der Waals surface area contributed by atoms with E-state index < -0.39 is 41.6 Å². The van der Waals surface area contributed by atoms with Crippen LogP contribution in [0.25, 0.3) is 0 Å². The average molecular weight is 520 g/mol. The van der Waals surface area contributed by atoms with E-state index in [9.17, 15) is 19.2 Å². The summed E-state index contributed by atoms with van der Waals surface area (Å²) < 4.78 is 10.1. The van der Waals surface area contributed by atoms with E-state index in [2.05, 4.69) is 15.4 Å². The van der Waals surface area contributed by atoms with Crippen LogP contribution in [0.2, 0.25) is 0 Å². The Balaban J connectivity index is 3.59. The van der Waals surface area contributed by atoms with E-state index in [1.165, 1.54) is 12.0 Å². The zero-order valence-electron chi connectivity index (χ0n) is 24.1. The molecule has 0 saturated heterocycles. The number of aryl methyl sites for hydroxylation is 2. The number of nitrogens with one attached hydrogen (secondary N) is 2. The predicted octanol–water partition coefficient (Wildman–Crippen LogP) is 4.20. The molecule has 0 spiro atoms. The fourth-order valence-corrected chi connectivity index (χ4v) is 4.00. The number of benzene rings is 1. The molecule has 9 nitrogen and oxygen atoms in total. The molecule has 3 unspecified atom stereocenters. The van der Waals surface area contributed by atoms with Crippen molar-refractivity contribution in [2.45, 2.75) is 98.9 Å². The summed E-state index contributed by atoms with van der Waals surface area (Å²) in [5, 5.41) is 5.35. The summed E-state index contributed by atoms with van der Waals surface area (Å²) >= 11 is 0. The summed E-state index contributed by atoms with van der Waals surface area (Å²) in [7, 11) is 1.24. The first-order valence-electron chi connectivity index (χ1n) is 12.8. The molecular formula is C28H45N3O6. The Bertz CT molecular complexity index is 954. The van der Waals surface area contributed by atoms with E-state index in [0.29, 0.717) is 18.4 Å². The number of esters is 1. The molecule has 37 heavy (non-hydrogen) atoms. The Kier molecular flexibility index (Phi) is 12.1. The molecule has 208 valence electrons. The van der Waals surface area contributed by atoms with Gasteiger partial charge in [-0.2, -0.15) is 0 Å². The minimum absolute atomic E-state index is 0.0791. The second kappa shape index (κ2) is 14.0. The maximum atomic E-state index is 14.2. The van der Waals surface area contributed by atoms with Crippen LogP contribution in [0.15, 0.2) is 18.2 Å². The normalized spacial score (nSPS) is 13.8. The highest BCUT2D eigenvalue weighted by Gasteiger charge is 2.39. The number of carbonyl (C=O) groups is 4. The number of ether oxygens (including phenoxy) is 2. The Labute approximate surface area is 221 Å². The Hall–Kier alpha value is -3.10. The zero-order valence-corrected chi connectivity index (χ0v) is 24.1. The highest BCUT2D eigenvalue weighted by atomic mass is 16.6. The van der Waals surface area contributed by atoms with Gasteiger partial charge < -0.3 is 25.0 Å². The Morgan fingerprint density at radius 2 is 1.68 bits per heavy atom. The third-order valence-electron chi connectivity index (χ3n) is 5.90. The lowest BCUT2D eigenvalue weighted by molar-refractivity contribution is -0.146. The van der Waals surface area contributed by atoms with E-state index in [1.807, 2.05) is 59.7 Å². The van der Waals surface area contributed by atoms with Gasteiger partial charge >= 0.3 is 12.1 Å². The second-order valence-corrected chi connectivity index (χ2v) is 10.9. The van der Waals surface area contributed by atoms with Crippen molar-refractivity contribution < 1.29 is 28.7 Å². The van der Waals surface area contributed by atoms with Crippen molar-refractivity contribution in [2.75, 3.05) is 13.7 Å². The molecule has 0 aromatic heterocycles. The van der Waals surface area contributed by atoms with Gasteiger partial charge in [0.25, 0.3) is 0 Å². The van der Waals surface area contributed by atoms with Crippen LogP contribution in [-0.2, 0) is 23.9 Å². The molecule has 0 heterocycles. The van der Waals surface area contributed by atoms with Gasteiger partial charge in [0, 0.05) is 6.04 Å². The highest BCUT2D eigenvalue weighted by Crippen LogP contribution is 2.29. The molecule has 0 saturated carbocycles. The summed E-state index contributed by atoms with van der Waals surface area (Å²) in [6, 6.07) is 3.37. The maximum absolute atomic E-state index is 14.2. The standard InChI is InChI=1S/C28H45N3O6/c1-11-20(6)31(26(34)22(14-17(2)3)30-27(35)37-28(7,8)9)24(25(33)29-16-23(32)36-10)21-13-12-18(4)15-19(21)5/h12-13,15,17,20,22,24H,11,14,16H2,1-10H3,(H,29,33)(H,30,35). The molecule has 0 aliphatic heterocycles. The van der Waals surface area contributed by atoms with Gasteiger partial charge in [-0.25, -0.2) is 4.79 Å². The zero-order chi connectivity index (χ0) is 28.5. The van der Waals surface area contributed by atoms with Gasteiger partial charge in [0.2, 0.25) is 11.8 Å². The van der Waals surface area contributed by atoms with Crippen LogP contribution in [-0.4, -0.2) is 60.1 Å². The van der Waals surface area contributed by atoms with Crippen molar-refractivity contribution in [3.05, 3.63) is 34.9 Å². The molecular weight excluding hydrogens is 474 g/mol. The smallest absolute Gasteiger partial charge is 0.408 e. The lowest BCUT2D eigenvalue weighted by atomic mass is 9.94. The van der Waals surface area contributed by atoms with Gasteiger partial charge in [0.15, 0.2) is 0 Å². The van der Waals surface area contributed by atoms with Gasteiger partial charge in [-0.3, -0.25) is 14.4 Å². The van der Waals surface area contributed by atoms with Gasteiger partial charge in [-0.1, -0.05) is 44.5 Å². The number of hydrogen-bond acceptors (Lipinski definition) is 6. The average Bonchev–Trinajstić information content (AvgIpc) is 2.78. The monoisotopic (exact) mass is 519 g/mol. The van der Waals surface area contributed by atoms with Crippen molar-refractivity contribution >= 4 is 23.9 Å². The third kappa shape index (κ3) is 10.1. The molecule has 1 aromatic carbocycles. The predicted molar refractivity (Wildman–Crippen MR) is 143 cm³/mol. The van der Waals surface area contributed by atoms with Crippen LogP contribution < -0.4 is 10.6 Å². The van der Waals surface area contributed by atoms with Crippen molar-refractivity contribution in [3.63, 3.8) is 0 Å². The molecule has 0 fully saturated rings. The fourth-order valence-electron chi connectivity index (χ4n) is 4.00. The Morgan fingerprint density at radius 3 is 2.16 bits per heavy atom. The van der Waals surface area contributed by atoms with Crippen LogP contribution in [0.4, 0.5) is 4.79 Å². The summed E-state index contributed by atoms with van der Waals surface area (Å²) in [6.07, 6.45) is 0.223. The third-order valence-corrected chi connectivity index (χ3v) is 5.90. The van der Waals surface area contributed by atoms with E-state index in [-0.39, 0.29) is 18.5 Å². The minimum Gasteiger partial charge on any atom is -0.468 e. The second-order valence-electron chi connectivity index (χ2n) is 10.9. The fraction of sp³-hybridized carbons (Fsp3) is 0.643. The SMILES string of the molecule is CCC(C)N(C(=O)C(CC(C)C)NC(=O)OC(C)(C)C)C(C(=O)NCC(=O)OC)c1ccc(C)cc1C. The highest BCUT2D eigenvalue weighted by molar-refractivity contribution is 5.93. The quantitative estimate of drug-likeness (QED) is 0.424. The largest absolute Gasteiger partial charge is 0.468 e. The number of hydrogen-bond donors (Lipinski definition) is 2. The van der Waals surface area contributed by atoms with E-state index >= 15 is 0 Å². The molecule has 3 amide bonds. The first-order valence-corrected chi connectivity index (χ1v) is 12.8. The summed E-state index contributed by atoms with van der Waals surface area (Å²) in [6.45, 7) is 16.4. The number of carbonyl (C=O) groups excluding carboxylic acids is 4. The molecule has 9 heteroatoms. The van der Waals surface area contributed by atoms with Crippen molar-refractivity contribution in [1.29, 1.82) is 0 Å². The molecule has 1 aromatic rings. The van der Waals surface area contributed by atoms with Crippen molar-refractivity contribution in [2.24, 2.45) is 5.92 Å². The van der Waals surface area contributed by atoms with E-state index in [1.54, 1.807) is 20.8 Å². The lowest BCUT2D eigenvalue weighted by Gasteiger charge is -2.39. The maximum Gasteiger partial charge on any atom is 0.408 e. The molecule has 2 N–H and O–H groups in total. The van der Waals surface area contributed by atoms with Crippen LogP contribution >= 0.6 is 0 Å². The number of rotatable bonds is 11. The topological polar surface area (TPSA) is 114 Å². The van der Waals surface area contributed by atoms with E-state index in [4.69, 9.17) is 4.74 Å². The first-order chi connectivity index (χ1) is 17.1. The molecule has 1 rings (SSSR count). The van der Waals surface area contributed by atoms with E-state index in [0.717, 1.165) is 11.1 Å². The summed E-state index contributed by atoms with van der Waals surface area (Å²) in [4.78, 5) is 53.7. The van der Waals surface area contributed by atoms with Crippen LogP contribution in [0.3, 0.4) is 0 Å². The molecule has 0 aliphatic carbocycles. The molecule has 0 bridgehead atoms. The van der Waals surface area contributed by atoms with Crippen LogP contribution in [0.1, 0.15) is 84.0 Å². The Morgan fingerprint density at radius 1 is 1.05 bits per heavy atom. The van der Waals surface area contributed by atoms with Gasteiger partial charge in [0.05, 0.1) is 7.11 Å². The van der Waals surface area contributed by atoms with Gasteiger partial charge in [-0.05, 0) is 71.4 Å². The number of nitrogens with zero attached hydrogens (tertiary/aromatic N) is 1. The number of alkyl carbamates (subject to hydrolysis) is 1. The number of amides is 3. The van der Waals surface area contributed by atoms with Gasteiger partial charge in [0.1, 0.15) is 24.2 Å². The van der Waals surface area contributed by atoms with Gasteiger partial charge in [-0.15, -0.1) is 0 Å². The summed E-state index contributed by atoms with van der Waals surface area (Å²) in [5.41, 5.74) is 1.75.